The van der Waals surface area contributed by atoms with Gasteiger partial charge in [-0.2, -0.15) is 0 Å². The molecule has 0 saturated carbocycles. The van der Waals surface area contributed by atoms with Crippen molar-refractivity contribution in [2.24, 2.45) is 0 Å². The largest absolute Gasteiger partial charge is 0.462 e. The topological polar surface area (TPSA) is 26.3 Å². The van der Waals surface area contributed by atoms with Gasteiger partial charge < -0.3 is 4.74 Å². The van der Waals surface area contributed by atoms with Gasteiger partial charge in [0.2, 0.25) is 0 Å². The quantitative estimate of drug-likeness (QED) is 0.670. The second kappa shape index (κ2) is 7.16. The zero-order chi connectivity index (χ0) is 14.5. The summed E-state index contributed by atoms with van der Waals surface area (Å²) in [7, 11) is 0. The van der Waals surface area contributed by atoms with Crippen LogP contribution in [0.3, 0.4) is 0 Å². The van der Waals surface area contributed by atoms with Crippen LogP contribution in [0.4, 0.5) is 0 Å². The van der Waals surface area contributed by atoms with Crippen LogP contribution in [0.2, 0.25) is 5.02 Å². The van der Waals surface area contributed by atoms with Crippen LogP contribution in [0.15, 0.2) is 56.7 Å². The second-order valence-electron chi connectivity index (χ2n) is 3.92. The number of hydrogen-bond donors (Lipinski definition) is 0. The lowest BCUT2D eigenvalue weighted by Crippen LogP contribution is -2.06. The summed E-state index contributed by atoms with van der Waals surface area (Å²) in [5.41, 5.74) is 0.557. The Hall–Kier alpha value is -0.970. The minimum absolute atomic E-state index is 0.315. The van der Waals surface area contributed by atoms with E-state index >= 15 is 0 Å². The zero-order valence-electron chi connectivity index (χ0n) is 10.7. The number of halogens is 2. The third kappa shape index (κ3) is 4.01. The van der Waals surface area contributed by atoms with Crippen LogP contribution in [0.1, 0.15) is 17.3 Å². The Labute approximate surface area is 135 Å². The van der Waals surface area contributed by atoms with Crippen molar-refractivity contribution in [2.45, 2.75) is 16.7 Å². The van der Waals surface area contributed by atoms with Crippen LogP contribution in [-0.4, -0.2) is 12.6 Å². The molecule has 0 unspecified atom stereocenters. The summed E-state index contributed by atoms with van der Waals surface area (Å²) in [4.78, 5) is 13.9. The Kier molecular flexibility index (Phi) is 5.52. The van der Waals surface area contributed by atoms with Gasteiger partial charge >= 0.3 is 5.97 Å². The Balaban J connectivity index is 2.31. The van der Waals surface area contributed by atoms with E-state index in [0.717, 1.165) is 14.3 Å². The van der Waals surface area contributed by atoms with Crippen LogP contribution in [0.5, 0.6) is 0 Å². The number of benzene rings is 2. The first kappa shape index (κ1) is 15.4. The molecule has 2 nitrogen and oxygen atoms in total. The summed E-state index contributed by atoms with van der Waals surface area (Å²) in [6.45, 7) is 2.15. The molecule has 2 aromatic rings. The summed E-state index contributed by atoms with van der Waals surface area (Å²) < 4.78 is 5.93. The smallest absolute Gasteiger partial charge is 0.339 e. The van der Waals surface area contributed by atoms with Crippen molar-refractivity contribution < 1.29 is 9.53 Å². The minimum atomic E-state index is -0.315. The summed E-state index contributed by atoms with van der Waals surface area (Å²) in [5, 5.41) is 0.691. The van der Waals surface area contributed by atoms with E-state index in [4.69, 9.17) is 16.3 Å². The third-order valence-electron chi connectivity index (χ3n) is 2.48. The molecule has 0 aliphatic carbocycles. The highest BCUT2D eigenvalue weighted by atomic mass is 79.9. The number of ether oxygens (including phenoxy) is 1. The lowest BCUT2D eigenvalue weighted by Gasteiger charge is -2.09. The molecule has 0 spiro atoms. The fourth-order valence-electron chi connectivity index (χ4n) is 1.59. The summed E-state index contributed by atoms with van der Waals surface area (Å²) in [5.74, 6) is -0.315. The molecular formula is C15H12BrClO2S. The van der Waals surface area contributed by atoms with Crippen molar-refractivity contribution >= 4 is 45.3 Å². The molecule has 0 N–H and O–H groups in total. The summed E-state index contributed by atoms with van der Waals surface area (Å²) in [6.07, 6.45) is 0. The van der Waals surface area contributed by atoms with Crippen molar-refractivity contribution in [3.05, 3.63) is 57.5 Å². The van der Waals surface area contributed by atoms with E-state index < -0.39 is 0 Å². The van der Waals surface area contributed by atoms with Gasteiger partial charge in [0, 0.05) is 19.3 Å². The number of hydrogen-bond acceptors (Lipinski definition) is 3. The van der Waals surface area contributed by atoms with Gasteiger partial charge in [-0.15, -0.1) is 0 Å². The molecule has 0 aliphatic heterocycles. The molecule has 0 fully saturated rings. The standard InChI is InChI=1S/C15H12BrClO2S/c1-2-19-15(18)13-9-10(16)3-8-14(13)20-12-6-4-11(17)5-7-12/h3-9H,2H2,1H3. The van der Waals surface area contributed by atoms with Crippen molar-refractivity contribution in [3.63, 3.8) is 0 Å². The van der Waals surface area contributed by atoms with Crippen LogP contribution >= 0.6 is 39.3 Å². The number of carbonyl (C=O) groups is 1. The first-order valence-electron chi connectivity index (χ1n) is 6.00. The highest BCUT2D eigenvalue weighted by molar-refractivity contribution is 9.10. The Morgan fingerprint density at radius 1 is 1.25 bits per heavy atom. The molecule has 2 aromatic carbocycles. The maximum atomic E-state index is 12.0. The summed E-state index contributed by atoms with van der Waals surface area (Å²) in [6, 6.07) is 13.1. The van der Waals surface area contributed by atoms with E-state index in [-0.39, 0.29) is 5.97 Å². The van der Waals surface area contributed by atoms with Crippen LogP contribution in [0, 0.1) is 0 Å². The van der Waals surface area contributed by atoms with Gasteiger partial charge in [-0.25, -0.2) is 4.79 Å². The molecule has 0 bridgehead atoms. The normalized spacial score (nSPS) is 10.3. The lowest BCUT2D eigenvalue weighted by molar-refractivity contribution is 0.0522. The van der Waals surface area contributed by atoms with Crippen molar-refractivity contribution in [1.29, 1.82) is 0 Å². The SMILES string of the molecule is CCOC(=O)c1cc(Br)ccc1Sc1ccc(Cl)cc1. The third-order valence-corrected chi connectivity index (χ3v) is 4.31. The van der Waals surface area contributed by atoms with E-state index in [0.29, 0.717) is 17.2 Å². The average Bonchev–Trinajstić information content (AvgIpc) is 2.43. The molecule has 0 radical (unpaired) electrons. The van der Waals surface area contributed by atoms with Crippen molar-refractivity contribution in [2.75, 3.05) is 6.61 Å². The van der Waals surface area contributed by atoms with Crippen molar-refractivity contribution in [1.82, 2.24) is 0 Å². The molecule has 0 aromatic heterocycles. The van der Waals surface area contributed by atoms with Gasteiger partial charge in [-0.05, 0) is 49.4 Å². The molecule has 0 aliphatic rings. The summed E-state index contributed by atoms with van der Waals surface area (Å²) >= 11 is 10.8. The first-order chi connectivity index (χ1) is 9.60. The number of rotatable bonds is 4. The van der Waals surface area contributed by atoms with E-state index in [1.165, 1.54) is 11.8 Å². The van der Waals surface area contributed by atoms with Gasteiger partial charge in [0.15, 0.2) is 0 Å². The maximum absolute atomic E-state index is 12.0. The van der Waals surface area contributed by atoms with E-state index in [9.17, 15) is 4.79 Å². The molecule has 0 heterocycles. The molecule has 0 atom stereocenters. The van der Waals surface area contributed by atoms with Gasteiger partial charge in [0.05, 0.1) is 12.2 Å². The highest BCUT2D eigenvalue weighted by Crippen LogP contribution is 2.33. The Morgan fingerprint density at radius 2 is 1.95 bits per heavy atom. The molecule has 0 saturated heterocycles. The molecule has 5 heteroatoms. The fraction of sp³-hybridized carbons (Fsp3) is 0.133. The molecule has 104 valence electrons. The second-order valence-corrected chi connectivity index (χ2v) is 6.38. The minimum Gasteiger partial charge on any atom is -0.462 e. The first-order valence-corrected chi connectivity index (χ1v) is 7.99. The van der Waals surface area contributed by atoms with Crippen LogP contribution in [0.25, 0.3) is 0 Å². The van der Waals surface area contributed by atoms with Gasteiger partial charge in [0.1, 0.15) is 0 Å². The fourth-order valence-corrected chi connectivity index (χ4v) is 2.99. The van der Waals surface area contributed by atoms with Gasteiger partial charge in [-0.3, -0.25) is 0 Å². The molecular weight excluding hydrogens is 360 g/mol. The van der Waals surface area contributed by atoms with Gasteiger partial charge in [-0.1, -0.05) is 39.3 Å². The molecule has 2 rings (SSSR count). The number of carbonyl (C=O) groups excluding carboxylic acids is 1. The van der Waals surface area contributed by atoms with Crippen LogP contribution in [-0.2, 0) is 4.74 Å². The Bertz CT molecular complexity index is 614. The lowest BCUT2D eigenvalue weighted by atomic mass is 10.2. The predicted molar refractivity (Wildman–Crippen MR) is 85.7 cm³/mol. The molecule has 0 amide bonds. The van der Waals surface area contributed by atoms with E-state index in [1.54, 1.807) is 13.0 Å². The van der Waals surface area contributed by atoms with Crippen LogP contribution < -0.4 is 0 Å². The van der Waals surface area contributed by atoms with E-state index in [1.807, 2.05) is 36.4 Å². The van der Waals surface area contributed by atoms with Crippen molar-refractivity contribution in [3.8, 4) is 0 Å². The maximum Gasteiger partial charge on any atom is 0.339 e. The average molecular weight is 372 g/mol. The molecule has 20 heavy (non-hydrogen) atoms. The predicted octanol–water partition coefficient (Wildman–Crippen LogP) is 5.43. The Morgan fingerprint density at radius 3 is 2.60 bits per heavy atom. The zero-order valence-corrected chi connectivity index (χ0v) is 13.9. The number of esters is 1. The van der Waals surface area contributed by atoms with Gasteiger partial charge in [0.25, 0.3) is 0 Å². The highest BCUT2D eigenvalue weighted by Gasteiger charge is 2.14. The van der Waals surface area contributed by atoms with E-state index in [2.05, 4.69) is 15.9 Å². The monoisotopic (exact) mass is 370 g/mol.